The zero-order chi connectivity index (χ0) is 13.2. The summed E-state index contributed by atoms with van der Waals surface area (Å²) in [5.41, 5.74) is -1.63. The fourth-order valence-electron chi connectivity index (χ4n) is 2.58. The highest BCUT2D eigenvalue weighted by atomic mass is 16.8. The van der Waals surface area contributed by atoms with Crippen LogP contribution in [0.25, 0.3) is 0 Å². The third kappa shape index (κ3) is 1.81. The third-order valence-corrected chi connectivity index (χ3v) is 3.72. The molecule has 6 nitrogen and oxygen atoms in total. The van der Waals surface area contributed by atoms with Gasteiger partial charge in [-0.1, -0.05) is 12.2 Å². The largest absolute Gasteiger partial charge is 0.508 e. The number of carbonyl (C=O) groups is 2. The molecule has 0 aromatic rings. The maximum Gasteiger partial charge on any atom is 0.508 e. The molecule has 0 bridgehead atoms. The van der Waals surface area contributed by atoms with Crippen LogP contribution in [0.2, 0.25) is 0 Å². The van der Waals surface area contributed by atoms with Gasteiger partial charge in [-0.15, -0.1) is 0 Å². The lowest BCUT2D eigenvalue weighted by atomic mass is 9.59. The first-order chi connectivity index (χ1) is 8.57. The van der Waals surface area contributed by atoms with Crippen LogP contribution in [-0.4, -0.2) is 37.7 Å². The van der Waals surface area contributed by atoms with E-state index < -0.39 is 23.5 Å². The van der Waals surface area contributed by atoms with Gasteiger partial charge in [0.15, 0.2) is 11.2 Å². The highest BCUT2D eigenvalue weighted by Gasteiger charge is 2.65. The van der Waals surface area contributed by atoms with Crippen LogP contribution >= 0.6 is 0 Å². The summed E-state index contributed by atoms with van der Waals surface area (Å²) in [5, 5.41) is 0. The molecule has 0 aromatic heterocycles. The van der Waals surface area contributed by atoms with Crippen LogP contribution < -0.4 is 0 Å². The number of ether oxygens (including phenoxy) is 4. The average molecular weight is 256 g/mol. The first-order valence-electron chi connectivity index (χ1n) is 5.76. The van der Waals surface area contributed by atoms with Gasteiger partial charge in [-0.2, -0.15) is 0 Å². The molecular weight excluding hydrogens is 240 g/mol. The van der Waals surface area contributed by atoms with Gasteiger partial charge in [-0.3, -0.25) is 0 Å². The standard InChI is InChI=1S/C12H16O6/c1-15-9(13)17-11-5-3-4-6-12(11,8-7-11)18-10(14)16-2/h3-4H,5-8H2,1-2H3/t11-,12+. The Morgan fingerprint density at radius 3 is 1.56 bits per heavy atom. The second-order valence-corrected chi connectivity index (χ2v) is 4.48. The van der Waals surface area contributed by atoms with Crippen LogP contribution in [0.15, 0.2) is 12.2 Å². The maximum absolute atomic E-state index is 11.3. The Kier molecular flexibility index (Phi) is 3.19. The summed E-state index contributed by atoms with van der Waals surface area (Å²) in [5.74, 6) is 0. The van der Waals surface area contributed by atoms with E-state index >= 15 is 0 Å². The van der Waals surface area contributed by atoms with Crippen LogP contribution in [0, 0.1) is 0 Å². The zero-order valence-electron chi connectivity index (χ0n) is 10.4. The zero-order valence-corrected chi connectivity index (χ0v) is 10.4. The number of hydrogen-bond donors (Lipinski definition) is 0. The molecule has 6 heteroatoms. The Hall–Kier alpha value is -1.72. The summed E-state index contributed by atoms with van der Waals surface area (Å²) < 4.78 is 19.7. The number of fused-ring (bicyclic) bond motifs is 1. The third-order valence-electron chi connectivity index (χ3n) is 3.72. The minimum atomic E-state index is -0.816. The normalized spacial score (nSPS) is 32.8. The molecule has 0 saturated heterocycles. The first-order valence-corrected chi connectivity index (χ1v) is 5.76. The van der Waals surface area contributed by atoms with Crippen molar-refractivity contribution >= 4 is 12.3 Å². The van der Waals surface area contributed by atoms with Gasteiger partial charge < -0.3 is 18.9 Å². The predicted molar refractivity (Wildman–Crippen MR) is 60.1 cm³/mol. The molecule has 18 heavy (non-hydrogen) atoms. The molecule has 2 aliphatic carbocycles. The van der Waals surface area contributed by atoms with E-state index in [1.54, 1.807) is 0 Å². The molecule has 1 saturated carbocycles. The van der Waals surface area contributed by atoms with Gasteiger partial charge in [0.05, 0.1) is 14.2 Å². The minimum absolute atomic E-state index is 0.513. The van der Waals surface area contributed by atoms with Crippen LogP contribution in [0.3, 0.4) is 0 Å². The highest BCUT2D eigenvalue weighted by Crippen LogP contribution is 2.55. The van der Waals surface area contributed by atoms with E-state index in [1.807, 2.05) is 12.2 Å². The summed E-state index contributed by atoms with van der Waals surface area (Å²) >= 11 is 0. The molecular formula is C12H16O6. The Morgan fingerprint density at radius 2 is 1.28 bits per heavy atom. The lowest BCUT2D eigenvalue weighted by Crippen LogP contribution is -2.67. The summed E-state index contributed by atoms with van der Waals surface area (Å²) in [7, 11) is 2.50. The Morgan fingerprint density at radius 1 is 0.889 bits per heavy atom. The van der Waals surface area contributed by atoms with Gasteiger partial charge in [-0.05, 0) is 12.8 Å². The Balaban J connectivity index is 2.19. The van der Waals surface area contributed by atoms with Crippen molar-refractivity contribution in [2.75, 3.05) is 14.2 Å². The Labute approximate surface area is 105 Å². The molecule has 2 aliphatic rings. The van der Waals surface area contributed by atoms with Gasteiger partial charge in [-0.25, -0.2) is 9.59 Å². The molecule has 0 heterocycles. The van der Waals surface area contributed by atoms with Crippen LogP contribution in [-0.2, 0) is 18.9 Å². The molecule has 0 aromatic carbocycles. The lowest BCUT2D eigenvalue weighted by Gasteiger charge is -2.56. The molecule has 2 atom stereocenters. The minimum Gasteiger partial charge on any atom is -0.438 e. The second-order valence-electron chi connectivity index (χ2n) is 4.48. The van der Waals surface area contributed by atoms with Gasteiger partial charge in [0.25, 0.3) is 0 Å². The number of hydrogen-bond acceptors (Lipinski definition) is 6. The topological polar surface area (TPSA) is 71.1 Å². The van der Waals surface area contributed by atoms with E-state index in [4.69, 9.17) is 9.47 Å². The van der Waals surface area contributed by atoms with Crippen molar-refractivity contribution in [2.24, 2.45) is 0 Å². The first kappa shape index (κ1) is 12.7. The number of rotatable bonds is 2. The summed E-state index contributed by atoms with van der Waals surface area (Å²) in [6.45, 7) is 0. The summed E-state index contributed by atoms with van der Waals surface area (Å²) in [6, 6.07) is 0. The number of carbonyl (C=O) groups excluding carboxylic acids is 2. The predicted octanol–water partition coefficient (Wildman–Crippen LogP) is 2.17. The lowest BCUT2D eigenvalue weighted by molar-refractivity contribution is -0.233. The van der Waals surface area contributed by atoms with Crippen molar-refractivity contribution in [2.45, 2.75) is 36.9 Å². The Bertz CT molecular complexity index is 354. The van der Waals surface area contributed by atoms with Crippen molar-refractivity contribution in [1.29, 1.82) is 0 Å². The molecule has 1 fully saturated rings. The molecule has 0 amide bonds. The molecule has 0 N–H and O–H groups in total. The summed E-state index contributed by atoms with van der Waals surface area (Å²) in [6.07, 6.45) is 4.62. The highest BCUT2D eigenvalue weighted by molar-refractivity contribution is 5.63. The fraction of sp³-hybridized carbons (Fsp3) is 0.667. The van der Waals surface area contributed by atoms with Crippen molar-refractivity contribution < 1.29 is 28.5 Å². The van der Waals surface area contributed by atoms with Crippen molar-refractivity contribution in [1.82, 2.24) is 0 Å². The van der Waals surface area contributed by atoms with E-state index in [2.05, 4.69) is 9.47 Å². The van der Waals surface area contributed by atoms with Gasteiger partial charge in [0.2, 0.25) is 0 Å². The smallest absolute Gasteiger partial charge is 0.438 e. The van der Waals surface area contributed by atoms with E-state index in [0.29, 0.717) is 25.7 Å². The molecule has 0 spiro atoms. The molecule has 0 radical (unpaired) electrons. The van der Waals surface area contributed by atoms with Gasteiger partial charge >= 0.3 is 12.3 Å². The fourth-order valence-corrected chi connectivity index (χ4v) is 2.58. The summed E-state index contributed by atoms with van der Waals surface area (Å²) in [4.78, 5) is 22.6. The molecule has 2 rings (SSSR count). The van der Waals surface area contributed by atoms with Crippen LogP contribution in [0.4, 0.5) is 9.59 Å². The van der Waals surface area contributed by atoms with Crippen molar-refractivity contribution in [3.63, 3.8) is 0 Å². The molecule has 100 valence electrons. The van der Waals surface area contributed by atoms with Crippen molar-refractivity contribution in [3.8, 4) is 0 Å². The molecule has 0 unspecified atom stereocenters. The SMILES string of the molecule is COC(=O)O[C@@]12CC=CC[C@]1(OC(=O)OC)CC2. The van der Waals surface area contributed by atoms with E-state index in [0.717, 1.165) is 0 Å². The van der Waals surface area contributed by atoms with Gasteiger partial charge in [0, 0.05) is 12.8 Å². The van der Waals surface area contributed by atoms with Crippen LogP contribution in [0.1, 0.15) is 25.7 Å². The van der Waals surface area contributed by atoms with E-state index in [-0.39, 0.29) is 0 Å². The van der Waals surface area contributed by atoms with E-state index in [1.165, 1.54) is 14.2 Å². The number of methoxy groups -OCH3 is 2. The van der Waals surface area contributed by atoms with Gasteiger partial charge in [0.1, 0.15) is 0 Å². The maximum atomic E-state index is 11.3. The average Bonchev–Trinajstić information content (AvgIpc) is 2.37. The monoisotopic (exact) mass is 256 g/mol. The van der Waals surface area contributed by atoms with Crippen molar-refractivity contribution in [3.05, 3.63) is 12.2 Å². The van der Waals surface area contributed by atoms with E-state index in [9.17, 15) is 9.59 Å². The second kappa shape index (κ2) is 4.51. The van der Waals surface area contributed by atoms with Crippen LogP contribution in [0.5, 0.6) is 0 Å². The quantitative estimate of drug-likeness (QED) is 0.557. The molecule has 0 aliphatic heterocycles.